The number of hydrogen-bond acceptors (Lipinski definition) is 2. The minimum atomic E-state index is -0.213. The lowest BCUT2D eigenvalue weighted by atomic mass is 9.90. The maximum absolute atomic E-state index is 6.17. The summed E-state index contributed by atoms with van der Waals surface area (Å²) in [6, 6.07) is 6.42. The molecule has 0 aliphatic heterocycles. The Bertz CT molecular complexity index is 337. The molecule has 0 saturated carbocycles. The molecule has 1 aromatic carbocycles. The van der Waals surface area contributed by atoms with Crippen LogP contribution in [0.1, 0.15) is 43.0 Å². The molecule has 1 unspecified atom stereocenters. The van der Waals surface area contributed by atoms with E-state index >= 15 is 0 Å². The molecule has 1 atom stereocenters. The van der Waals surface area contributed by atoms with E-state index in [2.05, 4.69) is 32.0 Å². The van der Waals surface area contributed by atoms with Crippen molar-refractivity contribution in [2.45, 2.75) is 45.7 Å². The van der Waals surface area contributed by atoms with Crippen LogP contribution in [-0.2, 0) is 0 Å². The average molecular weight is 206 g/mol. The molecule has 0 fully saturated rings. The van der Waals surface area contributed by atoms with Gasteiger partial charge < -0.3 is 11.5 Å². The van der Waals surface area contributed by atoms with Gasteiger partial charge in [0, 0.05) is 11.6 Å². The summed E-state index contributed by atoms with van der Waals surface area (Å²) in [7, 11) is 0. The molecule has 0 aliphatic rings. The van der Waals surface area contributed by atoms with Crippen molar-refractivity contribution in [1.82, 2.24) is 0 Å². The van der Waals surface area contributed by atoms with Gasteiger partial charge >= 0.3 is 0 Å². The smallest absolute Gasteiger partial charge is 0.0314 e. The first-order valence-electron chi connectivity index (χ1n) is 5.41. The molecule has 4 N–H and O–H groups in total. The summed E-state index contributed by atoms with van der Waals surface area (Å²) in [5.74, 6) is 0. The van der Waals surface area contributed by atoms with Crippen LogP contribution in [0.2, 0.25) is 0 Å². The van der Waals surface area contributed by atoms with Crippen molar-refractivity contribution in [3.63, 3.8) is 0 Å². The van der Waals surface area contributed by atoms with Gasteiger partial charge in [-0.3, -0.25) is 0 Å². The van der Waals surface area contributed by atoms with Crippen molar-refractivity contribution in [3.8, 4) is 0 Å². The maximum atomic E-state index is 6.17. The standard InChI is InChI=1S/C13H22N2/c1-9-5-6-10(2)11(7-9)12(14)8-13(3,4)15/h5-7,12H,8,14-15H2,1-4H3. The highest BCUT2D eigenvalue weighted by molar-refractivity contribution is 5.33. The quantitative estimate of drug-likeness (QED) is 0.798. The fraction of sp³-hybridized carbons (Fsp3) is 0.538. The monoisotopic (exact) mass is 206 g/mol. The molecule has 0 spiro atoms. The summed E-state index contributed by atoms with van der Waals surface area (Å²) in [6.45, 7) is 8.21. The van der Waals surface area contributed by atoms with Crippen LogP contribution < -0.4 is 11.5 Å². The zero-order valence-corrected chi connectivity index (χ0v) is 10.2. The molecule has 0 saturated heterocycles. The van der Waals surface area contributed by atoms with Crippen molar-refractivity contribution < 1.29 is 0 Å². The SMILES string of the molecule is Cc1ccc(C)c(C(N)CC(C)(C)N)c1. The second kappa shape index (κ2) is 4.33. The Labute approximate surface area is 92.7 Å². The minimum Gasteiger partial charge on any atom is -0.325 e. The van der Waals surface area contributed by atoms with Gasteiger partial charge in [0.25, 0.3) is 0 Å². The van der Waals surface area contributed by atoms with Crippen LogP contribution in [0.3, 0.4) is 0 Å². The van der Waals surface area contributed by atoms with E-state index in [1.54, 1.807) is 0 Å². The number of benzene rings is 1. The summed E-state index contributed by atoms with van der Waals surface area (Å²) in [4.78, 5) is 0. The highest BCUT2D eigenvalue weighted by Crippen LogP contribution is 2.23. The number of aryl methyl sites for hydroxylation is 2. The lowest BCUT2D eigenvalue weighted by molar-refractivity contribution is 0.428. The van der Waals surface area contributed by atoms with Crippen LogP contribution in [-0.4, -0.2) is 5.54 Å². The Morgan fingerprint density at radius 1 is 1.27 bits per heavy atom. The van der Waals surface area contributed by atoms with Crippen LogP contribution in [0.25, 0.3) is 0 Å². The Kier molecular flexibility index (Phi) is 3.53. The second-order valence-electron chi connectivity index (χ2n) is 5.16. The summed E-state index contributed by atoms with van der Waals surface area (Å²) in [5.41, 5.74) is 15.7. The van der Waals surface area contributed by atoms with Crippen LogP contribution in [0.15, 0.2) is 18.2 Å². The fourth-order valence-electron chi connectivity index (χ4n) is 1.84. The van der Waals surface area contributed by atoms with E-state index in [4.69, 9.17) is 11.5 Å². The first kappa shape index (κ1) is 12.2. The molecule has 1 aromatic rings. The zero-order valence-electron chi connectivity index (χ0n) is 10.2. The van der Waals surface area contributed by atoms with Crippen molar-refractivity contribution in [2.75, 3.05) is 0 Å². The zero-order chi connectivity index (χ0) is 11.6. The molecule has 0 heterocycles. The largest absolute Gasteiger partial charge is 0.325 e. The fourth-order valence-corrected chi connectivity index (χ4v) is 1.84. The van der Waals surface area contributed by atoms with E-state index in [0.717, 1.165) is 6.42 Å². The van der Waals surface area contributed by atoms with Gasteiger partial charge in [-0.15, -0.1) is 0 Å². The molecule has 0 aromatic heterocycles. The van der Waals surface area contributed by atoms with Gasteiger partial charge in [0.2, 0.25) is 0 Å². The van der Waals surface area contributed by atoms with E-state index in [1.807, 2.05) is 13.8 Å². The number of hydrogen-bond donors (Lipinski definition) is 2. The molecule has 2 heteroatoms. The number of nitrogens with two attached hydrogens (primary N) is 2. The van der Waals surface area contributed by atoms with Gasteiger partial charge in [0.05, 0.1) is 0 Å². The minimum absolute atomic E-state index is 0.0323. The predicted octanol–water partition coefficient (Wildman–Crippen LogP) is 2.43. The van der Waals surface area contributed by atoms with Gasteiger partial charge in [-0.1, -0.05) is 23.8 Å². The van der Waals surface area contributed by atoms with E-state index < -0.39 is 0 Å². The molecule has 0 amide bonds. The molecular formula is C13H22N2. The van der Waals surface area contributed by atoms with Gasteiger partial charge in [-0.25, -0.2) is 0 Å². The highest BCUT2D eigenvalue weighted by atomic mass is 14.7. The van der Waals surface area contributed by atoms with E-state index in [0.29, 0.717) is 0 Å². The van der Waals surface area contributed by atoms with Crippen LogP contribution in [0.5, 0.6) is 0 Å². The van der Waals surface area contributed by atoms with Crippen molar-refractivity contribution >= 4 is 0 Å². The van der Waals surface area contributed by atoms with Crippen molar-refractivity contribution in [2.24, 2.45) is 11.5 Å². The first-order chi connectivity index (χ1) is 6.79. The van der Waals surface area contributed by atoms with E-state index in [9.17, 15) is 0 Å². The van der Waals surface area contributed by atoms with Gasteiger partial charge in [-0.2, -0.15) is 0 Å². The molecule has 0 aliphatic carbocycles. The van der Waals surface area contributed by atoms with Crippen molar-refractivity contribution in [1.29, 1.82) is 0 Å². The molecule has 0 bridgehead atoms. The molecule has 15 heavy (non-hydrogen) atoms. The predicted molar refractivity (Wildman–Crippen MR) is 65.7 cm³/mol. The summed E-state index contributed by atoms with van der Waals surface area (Å²) >= 11 is 0. The second-order valence-corrected chi connectivity index (χ2v) is 5.16. The van der Waals surface area contributed by atoms with Gasteiger partial charge in [0.1, 0.15) is 0 Å². The lowest BCUT2D eigenvalue weighted by Gasteiger charge is -2.24. The Balaban J connectivity index is 2.90. The Hall–Kier alpha value is -0.860. The van der Waals surface area contributed by atoms with E-state index in [-0.39, 0.29) is 11.6 Å². The summed E-state index contributed by atoms with van der Waals surface area (Å²) in [6.07, 6.45) is 0.803. The van der Waals surface area contributed by atoms with Crippen LogP contribution in [0.4, 0.5) is 0 Å². The Morgan fingerprint density at radius 2 is 1.87 bits per heavy atom. The lowest BCUT2D eigenvalue weighted by Crippen LogP contribution is -2.36. The third-order valence-electron chi connectivity index (χ3n) is 2.58. The molecule has 2 nitrogen and oxygen atoms in total. The van der Waals surface area contributed by atoms with Crippen LogP contribution >= 0.6 is 0 Å². The maximum Gasteiger partial charge on any atom is 0.0314 e. The summed E-state index contributed by atoms with van der Waals surface area (Å²) in [5, 5.41) is 0. The van der Waals surface area contributed by atoms with Gasteiger partial charge in [0.15, 0.2) is 0 Å². The topological polar surface area (TPSA) is 52.0 Å². The third-order valence-corrected chi connectivity index (χ3v) is 2.58. The molecule has 1 rings (SSSR count). The molecule has 0 radical (unpaired) electrons. The first-order valence-corrected chi connectivity index (χ1v) is 5.41. The van der Waals surface area contributed by atoms with Crippen LogP contribution in [0, 0.1) is 13.8 Å². The average Bonchev–Trinajstić information content (AvgIpc) is 2.06. The third kappa shape index (κ3) is 3.65. The number of rotatable bonds is 3. The van der Waals surface area contributed by atoms with Crippen molar-refractivity contribution in [3.05, 3.63) is 34.9 Å². The Morgan fingerprint density at radius 3 is 2.40 bits per heavy atom. The molecule has 84 valence electrons. The highest BCUT2D eigenvalue weighted by Gasteiger charge is 2.18. The molecular weight excluding hydrogens is 184 g/mol. The normalized spacial score (nSPS) is 14.0. The van der Waals surface area contributed by atoms with Gasteiger partial charge in [-0.05, 0) is 45.2 Å². The summed E-state index contributed by atoms with van der Waals surface area (Å²) < 4.78 is 0. The van der Waals surface area contributed by atoms with E-state index in [1.165, 1.54) is 16.7 Å².